The average molecular weight is 422 g/mol. The van der Waals surface area contributed by atoms with Crippen LogP contribution < -0.4 is 5.32 Å². The number of halogens is 1. The van der Waals surface area contributed by atoms with E-state index in [1.54, 1.807) is 12.1 Å². The van der Waals surface area contributed by atoms with Gasteiger partial charge in [0.05, 0.1) is 25.5 Å². The highest BCUT2D eigenvalue weighted by Gasteiger charge is 2.28. The van der Waals surface area contributed by atoms with Crippen LogP contribution in [0.15, 0.2) is 30.3 Å². The van der Waals surface area contributed by atoms with Crippen molar-refractivity contribution in [1.29, 1.82) is 0 Å². The van der Waals surface area contributed by atoms with Gasteiger partial charge in [-0.05, 0) is 12.1 Å². The first kappa shape index (κ1) is 23.3. The Kier molecular flexibility index (Phi) is 9.13. The summed E-state index contributed by atoms with van der Waals surface area (Å²) in [6, 6.07) is 9.07. The minimum absolute atomic E-state index is 0. The minimum Gasteiger partial charge on any atom is -0.480 e. The van der Waals surface area contributed by atoms with Crippen molar-refractivity contribution in [1.82, 2.24) is 9.21 Å². The fourth-order valence-corrected chi connectivity index (χ4v) is 3.44. The maximum absolute atomic E-state index is 12.1. The van der Waals surface area contributed by atoms with E-state index in [0.29, 0.717) is 25.4 Å². The number of para-hydroxylation sites is 1. The van der Waals surface area contributed by atoms with Crippen LogP contribution >= 0.6 is 12.4 Å². The summed E-state index contributed by atoms with van der Waals surface area (Å²) in [5.74, 6) is -1.41. The van der Waals surface area contributed by atoms with Crippen LogP contribution in [0.25, 0.3) is 0 Å². The summed E-state index contributed by atoms with van der Waals surface area (Å²) < 4.78 is 29.9. The molecule has 9 nitrogen and oxygen atoms in total. The van der Waals surface area contributed by atoms with Gasteiger partial charge in [-0.2, -0.15) is 4.31 Å². The SMILES string of the molecule is CS(=O)(=O)N(CC(=O)O)CC1CN(CC(=O)Nc2ccccc2)CCO1.Cl. The molecule has 1 unspecified atom stereocenters. The molecule has 2 N–H and O–H groups in total. The third-order valence-electron chi connectivity index (χ3n) is 3.84. The lowest BCUT2D eigenvalue weighted by Crippen LogP contribution is -2.51. The standard InChI is InChI=1S/C16H23N3O6S.ClH/c1-26(23,24)19(12-16(21)22)10-14-9-18(7-8-25-14)11-15(20)17-13-5-3-2-4-6-13;/h2-6,14H,7-12H2,1H3,(H,17,20)(H,21,22);1H. The van der Waals surface area contributed by atoms with Crippen LogP contribution in [0.4, 0.5) is 5.69 Å². The Labute approximate surface area is 164 Å². The van der Waals surface area contributed by atoms with E-state index < -0.39 is 28.6 Å². The number of carboxylic acid groups (broad SMARTS) is 1. The van der Waals surface area contributed by atoms with Crippen LogP contribution in [-0.2, 0) is 24.3 Å². The summed E-state index contributed by atoms with van der Waals surface area (Å²) >= 11 is 0. The number of aliphatic carboxylic acids is 1. The lowest BCUT2D eigenvalue weighted by atomic mass is 10.2. The van der Waals surface area contributed by atoms with E-state index in [1.165, 1.54) is 0 Å². The number of ether oxygens (including phenoxy) is 1. The number of benzene rings is 1. The molecular weight excluding hydrogens is 398 g/mol. The Bertz CT molecular complexity index is 731. The molecular formula is C16H24ClN3O6S. The van der Waals surface area contributed by atoms with Crippen LogP contribution in [0.2, 0.25) is 0 Å². The molecule has 11 heteroatoms. The second-order valence-electron chi connectivity index (χ2n) is 6.09. The van der Waals surface area contributed by atoms with Crippen molar-refractivity contribution in [3.05, 3.63) is 30.3 Å². The van der Waals surface area contributed by atoms with Gasteiger partial charge in [0.1, 0.15) is 6.54 Å². The summed E-state index contributed by atoms with van der Waals surface area (Å²) in [6.07, 6.45) is 0.464. The molecule has 0 bridgehead atoms. The summed E-state index contributed by atoms with van der Waals surface area (Å²) in [7, 11) is -3.67. The first-order valence-corrected chi connectivity index (χ1v) is 9.94. The minimum atomic E-state index is -3.67. The maximum Gasteiger partial charge on any atom is 0.318 e. The zero-order valence-corrected chi connectivity index (χ0v) is 16.5. The van der Waals surface area contributed by atoms with Crippen LogP contribution in [0.1, 0.15) is 0 Å². The molecule has 1 aromatic rings. The Morgan fingerprint density at radius 2 is 2.00 bits per heavy atom. The molecule has 0 aromatic heterocycles. The Hall–Kier alpha value is -1.72. The highest BCUT2D eigenvalue weighted by molar-refractivity contribution is 7.88. The van der Waals surface area contributed by atoms with Crippen LogP contribution in [-0.4, -0.2) is 86.3 Å². The largest absolute Gasteiger partial charge is 0.480 e. The molecule has 1 aliphatic rings. The zero-order valence-electron chi connectivity index (χ0n) is 14.9. The predicted octanol–water partition coefficient (Wildman–Crippen LogP) is 0.0939. The van der Waals surface area contributed by atoms with Gasteiger partial charge in [-0.15, -0.1) is 12.4 Å². The van der Waals surface area contributed by atoms with Crippen LogP contribution in [0.5, 0.6) is 0 Å². The average Bonchev–Trinajstić information content (AvgIpc) is 2.54. The third-order valence-corrected chi connectivity index (χ3v) is 5.05. The van der Waals surface area contributed by atoms with E-state index in [1.807, 2.05) is 23.1 Å². The highest BCUT2D eigenvalue weighted by atomic mass is 35.5. The summed E-state index contributed by atoms with van der Waals surface area (Å²) in [5.41, 5.74) is 0.701. The number of hydrogen-bond acceptors (Lipinski definition) is 6. The van der Waals surface area contributed by atoms with Crippen molar-refractivity contribution in [3.8, 4) is 0 Å². The molecule has 1 amide bonds. The van der Waals surface area contributed by atoms with Gasteiger partial charge in [-0.3, -0.25) is 14.5 Å². The topological polar surface area (TPSA) is 116 Å². The van der Waals surface area contributed by atoms with Gasteiger partial charge in [0, 0.05) is 25.3 Å². The molecule has 27 heavy (non-hydrogen) atoms. The van der Waals surface area contributed by atoms with Gasteiger partial charge >= 0.3 is 5.97 Å². The van der Waals surface area contributed by atoms with E-state index in [0.717, 1.165) is 10.6 Å². The fourth-order valence-electron chi connectivity index (χ4n) is 2.65. The Morgan fingerprint density at radius 1 is 1.33 bits per heavy atom. The van der Waals surface area contributed by atoms with Gasteiger partial charge in [-0.25, -0.2) is 8.42 Å². The molecule has 1 aliphatic heterocycles. The number of carboxylic acids is 1. The van der Waals surface area contributed by atoms with Crippen molar-refractivity contribution >= 4 is 40.0 Å². The number of rotatable bonds is 8. The quantitative estimate of drug-likeness (QED) is 0.611. The van der Waals surface area contributed by atoms with E-state index >= 15 is 0 Å². The first-order valence-electron chi connectivity index (χ1n) is 8.10. The molecule has 0 aliphatic carbocycles. The number of morpholine rings is 1. The lowest BCUT2D eigenvalue weighted by Gasteiger charge is -2.34. The van der Waals surface area contributed by atoms with Gasteiger partial charge in [-0.1, -0.05) is 18.2 Å². The van der Waals surface area contributed by atoms with E-state index in [4.69, 9.17) is 9.84 Å². The highest BCUT2D eigenvalue weighted by Crippen LogP contribution is 2.10. The van der Waals surface area contributed by atoms with Crippen molar-refractivity contribution in [2.75, 3.05) is 50.9 Å². The number of nitrogens with zero attached hydrogens (tertiary/aromatic N) is 2. The number of hydrogen-bond donors (Lipinski definition) is 2. The van der Waals surface area contributed by atoms with Crippen molar-refractivity contribution in [2.24, 2.45) is 0 Å². The number of nitrogens with one attached hydrogen (secondary N) is 1. The van der Waals surface area contributed by atoms with Gasteiger partial charge in [0.15, 0.2) is 0 Å². The molecule has 152 valence electrons. The molecule has 0 spiro atoms. The number of amides is 1. The number of sulfonamides is 1. The lowest BCUT2D eigenvalue weighted by molar-refractivity contribution is -0.137. The molecule has 1 heterocycles. The number of carbonyl (C=O) groups is 2. The first-order chi connectivity index (χ1) is 12.2. The second kappa shape index (κ2) is 10.6. The number of anilines is 1. The molecule has 0 saturated carbocycles. The van der Waals surface area contributed by atoms with Crippen LogP contribution in [0, 0.1) is 0 Å². The zero-order chi connectivity index (χ0) is 19.2. The fraction of sp³-hybridized carbons (Fsp3) is 0.500. The molecule has 0 radical (unpaired) electrons. The van der Waals surface area contributed by atoms with E-state index in [-0.39, 0.29) is 31.4 Å². The van der Waals surface area contributed by atoms with Crippen molar-refractivity contribution < 1.29 is 27.9 Å². The normalized spacial score (nSPS) is 17.9. The van der Waals surface area contributed by atoms with Gasteiger partial charge in [0.25, 0.3) is 0 Å². The molecule has 1 saturated heterocycles. The molecule has 1 aromatic carbocycles. The third kappa shape index (κ3) is 8.22. The van der Waals surface area contributed by atoms with Crippen molar-refractivity contribution in [2.45, 2.75) is 6.10 Å². The predicted molar refractivity (Wildman–Crippen MR) is 103 cm³/mol. The molecule has 1 atom stereocenters. The Balaban J connectivity index is 0.00000364. The molecule has 1 fully saturated rings. The number of carbonyl (C=O) groups excluding carboxylic acids is 1. The summed E-state index contributed by atoms with van der Waals surface area (Å²) in [4.78, 5) is 24.9. The van der Waals surface area contributed by atoms with Crippen molar-refractivity contribution in [3.63, 3.8) is 0 Å². The maximum atomic E-state index is 12.1. The van der Waals surface area contributed by atoms with Crippen LogP contribution in [0.3, 0.4) is 0 Å². The van der Waals surface area contributed by atoms with Gasteiger partial charge < -0.3 is 15.2 Å². The molecule has 2 rings (SSSR count). The Morgan fingerprint density at radius 3 is 2.59 bits per heavy atom. The van der Waals surface area contributed by atoms with E-state index in [9.17, 15) is 18.0 Å². The summed E-state index contributed by atoms with van der Waals surface area (Å²) in [6.45, 7) is 0.681. The smallest absolute Gasteiger partial charge is 0.318 e. The summed E-state index contributed by atoms with van der Waals surface area (Å²) in [5, 5.41) is 11.7. The van der Waals surface area contributed by atoms with Gasteiger partial charge in [0.2, 0.25) is 15.9 Å². The second-order valence-corrected chi connectivity index (χ2v) is 8.07. The monoisotopic (exact) mass is 421 g/mol. The van der Waals surface area contributed by atoms with E-state index in [2.05, 4.69) is 5.32 Å².